The van der Waals surface area contributed by atoms with Crippen molar-refractivity contribution < 1.29 is 0 Å². The minimum atomic E-state index is 0.809. The predicted molar refractivity (Wildman–Crippen MR) is 68.9 cm³/mol. The molecule has 0 bridgehead atoms. The van der Waals surface area contributed by atoms with E-state index in [4.69, 9.17) is 0 Å². The third-order valence-corrected chi connectivity index (χ3v) is 3.61. The van der Waals surface area contributed by atoms with Crippen LogP contribution in [0.15, 0.2) is 23.3 Å². The van der Waals surface area contributed by atoms with Crippen molar-refractivity contribution in [3.63, 3.8) is 0 Å². The van der Waals surface area contributed by atoms with Crippen LogP contribution in [0.1, 0.15) is 59.8 Å². The lowest BCUT2D eigenvalue weighted by Crippen LogP contribution is -2.07. The van der Waals surface area contributed by atoms with Gasteiger partial charge in [-0.15, -0.1) is 0 Å². The fourth-order valence-electron chi connectivity index (χ4n) is 2.48. The van der Waals surface area contributed by atoms with E-state index in [1.165, 1.54) is 32.1 Å². The molecule has 0 radical (unpaired) electrons. The molecule has 1 aliphatic carbocycles. The Morgan fingerprint density at radius 3 is 2.73 bits per heavy atom. The Hall–Kier alpha value is -0.520. The van der Waals surface area contributed by atoms with Crippen molar-refractivity contribution in [2.24, 2.45) is 11.8 Å². The fourth-order valence-corrected chi connectivity index (χ4v) is 2.48. The van der Waals surface area contributed by atoms with E-state index in [1.807, 2.05) is 0 Å². The summed E-state index contributed by atoms with van der Waals surface area (Å²) in [6.07, 6.45) is 11.4. The average Bonchev–Trinajstić information content (AvgIpc) is 2.33. The third kappa shape index (κ3) is 4.24. The number of allylic oxidation sites excluding steroid dienone is 4. The van der Waals surface area contributed by atoms with Crippen LogP contribution in [0.3, 0.4) is 0 Å². The smallest absolute Gasteiger partial charge is 0.0139 e. The van der Waals surface area contributed by atoms with Crippen LogP contribution in [-0.4, -0.2) is 0 Å². The highest BCUT2D eigenvalue weighted by molar-refractivity contribution is 5.16. The molecule has 0 aromatic carbocycles. The van der Waals surface area contributed by atoms with Crippen molar-refractivity contribution >= 4 is 0 Å². The largest absolute Gasteiger partial charge is 0.0847 e. The molecule has 1 rings (SSSR count). The van der Waals surface area contributed by atoms with Gasteiger partial charge in [0, 0.05) is 0 Å². The van der Waals surface area contributed by atoms with Crippen molar-refractivity contribution in [2.75, 3.05) is 0 Å². The maximum absolute atomic E-state index is 2.44. The molecule has 0 nitrogen and oxygen atoms in total. The van der Waals surface area contributed by atoms with Gasteiger partial charge in [-0.25, -0.2) is 0 Å². The molecule has 0 amide bonds. The van der Waals surface area contributed by atoms with Crippen LogP contribution in [0.4, 0.5) is 0 Å². The topological polar surface area (TPSA) is 0 Å². The molecule has 0 fully saturated rings. The van der Waals surface area contributed by atoms with E-state index in [-0.39, 0.29) is 0 Å². The van der Waals surface area contributed by atoms with E-state index in [0.29, 0.717) is 0 Å². The van der Waals surface area contributed by atoms with Crippen molar-refractivity contribution in [3.05, 3.63) is 23.3 Å². The van der Waals surface area contributed by atoms with Crippen molar-refractivity contribution in [2.45, 2.75) is 59.8 Å². The lowest BCUT2D eigenvalue weighted by atomic mass is 9.86. The van der Waals surface area contributed by atoms with Crippen molar-refractivity contribution in [3.8, 4) is 0 Å². The lowest BCUT2D eigenvalue weighted by Gasteiger charge is -2.19. The second kappa shape index (κ2) is 6.15. The molecule has 0 aliphatic heterocycles. The minimum absolute atomic E-state index is 0.809. The first-order valence-electron chi connectivity index (χ1n) is 6.45. The van der Waals surface area contributed by atoms with Crippen LogP contribution in [0, 0.1) is 11.8 Å². The molecule has 86 valence electrons. The van der Waals surface area contributed by atoms with Gasteiger partial charge in [0.05, 0.1) is 0 Å². The van der Waals surface area contributed by atoms with E-state index < -0.39 is 0 Å². The Bertz CT molecular complexity index is 245. The maximum Gasteiger partial charge on any atom is -0.0139 e. The van der Waals surface area contributed by atoms with Crippen LogP contribution in [-0.2, 0) is 0 Å². The summed E-state index contributed by atoms with van der Waals surface area (Å²) in [6, 6.07) is 0. The van der Waals surface area contributed by atoms with Crippen LogP contribution in [0.2, 0.25) is 0 Å². The first-order valence-corrected chi connectivity index (χ1v) is 6.45. The number of hydrogen-bond acceptors (Lipinski definition) is 0. The van der Waals surface area contributed by atoms with E-state index in [1.54, 1.807) is 11.1 Å². The predicted octanol–water partition coefficient (Wildman–Crippen LogP) is 5.12. The molecule has 0 saturated carbocycles. The van der Waals surface area contributed by atoms with Crippen LogP contribution >= 0.6 is 0 Å². The Morgan fingerprint density at radius 2 is 2.07 bits per heavy atom. The minimum Gasteiger partial charge on any atom is -0.0847 e. The molecular formula is C15H26. The summed E-state index contributed by atoms with van der Waals surface area (Å²) in [4.78, 5) is 0. The van der Waals surface area contributed by atoms with Gasteiger partial charge in [-0.2, -0.15) is 0 Å². The molecule has 0 aromatic heterocycles. The number of rotatable bonds is 4. The first-order chi connectivity index (χ1) is 7.13. The van der Waals surface area contributed by atoms with E-state index in [9.17, 15) is 0 Å². The summed E-state index contributed by atoms with van der Waals surface area (Å²) in [7, 11) is 0. The Labute approximate surface area is 95.5 Å². The summed E-state index contributed by atoms with van der Waals surface area (Å²) < 4.78 is 0. The standard InChI is InChI=1S/C15H26/c1-5-6-13(3)11-15-10-8-12(2)7-9-14(15)4/h8-9,13,15H,5-7,10-11H2,1-4H3. The summed E-state index contributed by atoms with van der Waals surface area (Å²) in [5.74, 6) is 1.69. The molecule has 2 atom stereocenters. The second-order valence-electron chi connectivity index (χ2n) is 5.26. The molecule has 0 heterocycles. The quantitative estimate of drug-likeness (QED) is 0.560. The van der Waals surface area contributed by atoms with Crippen LogP contribution in [0.5, 0.6) is 0 Å². The van der Waals surface area contributed by atoms with Gasteiger partial charge in [0.25, 0.3) is 0 Å². The zero-order chi connectivity index (χ0) is 11.3. The van der Waals surface area contributed by atoms with Gasteiger partial charge in [0.15, 0.2) is 0 Å². The first kappa shape index (κ1) is 12.5. The maximum atomic E-state index is 2.44. The molecule has 15 heavy (non-hydrogen) atoms. The van der Waals surface area contributed by atoms with E-state index in [0.717, 1.165) is 11.8 Å². The average molecular weight is 206 g/mol. The SMILES string of the molecule is CCCC(C)CC1CC=C(C)CC=C1C. The second-order valence-corrected chi connectivity index (χ2v) is 5.26. The van der Waals surface area contributed by atoms with Gasteiger partial charge in [-0.1, -0.05) is 50.0 Å². The highest BCUT2D eigenvalue weighted by atomic mass is 14.2. The van der Waals surface area contributed by atoms with Crippen LogP contribution < -0.4 is 0 Å². The summed E-state index contributed by atoms with van der Waals surface area (Å²) >= 11 is 0. The van der Waals surface area contributed by atoms with Gasteiger partial charge < -0.3 is 0 Å². The van der Waals surface area contributed by atoms with E-state index in [2.05, 4.69) is 39.8 Å². The zero-order valence-corrected chi connectivity index (χ0v) is 10.8. The summed E-state index contributed by atoms with van der Waals surface area (Å²) in [6.45, 7) is 9.26. The molecule has 0 aromatic rings. The monoisotopic (exact) mass is 206 g/mol. The van der Waals surface area contributed by atoms with Crippen LogP contribution in [0.25, 0.3) is 0 Å². The lowest BCUT2D eigenvalue weighted by molar-refractivity contribution is 0.407. The fraction of sp³-hybridized carbons (Fsp3) is 0.733. The van der Waals surface area contributed by atoms with Crippen molar-refractivity contribution in [1.82, 2.24) is 0 Å². The highest BCUT2D eigenvalue weighted by Gasteiger charge is 2.15. The van der Waals surface area contributed by atoms with Gasteiger partial charge in [-0.3, -0.25) is 0 Å². The molecule has 0 saturated heterocycles. The summed E-state index contributed by atoms with van der Waals surface area (Å²) in [5, 5.41) is 0. The molecule has 2 unspecified atom stereocenters. The van der Waals surface area contributed by atoms with Gasteiger partial charge in [0.2, 0.25) is 0 Å². The summed E-state index contributed by atoms with van der Waals surface area (Å²) in [5.41, 5.74) is 3.16. The van der Waals surface area contributed by atoms with Gasteiger partial charge in [0.1, 0.15) is 0 Å². The third-order valence-electron chi connectivity index (χ3n) is 3.61. The Kier molecular flexibility index (Phi) is 5.14. The van der Waals surface area contributed by atoms with Gasteiger partial charge in [-0.05, 0) is 44.9 Å². The van der Waals surface area contributed by atoms with Gasteiger partial charge >= 0.3 is 0 Å². The molecule has 0 heteroatoms. The molecule has 0 N–H and O–H groups in total. The number of hydrogen-bond donors (Lipinski definition) is 0. The highest BCUT2D eigenvalue weighted by Crippen LogP contribution is 2.29. The van der Waals surface area contributed by atoms with Crippen molar-refractivity contribution in [1.29, 1.82) is 0 Å². The zero-order valence-electron chi connectivity index (χ0n) is 10.8. The molecular weight excluding hydrogens is 180 g/mol. The molecule has 1 aliphatic rings. The normalized spacial score (nSPS) is 24.1. The molecule has 0 spiro atoms. The Morgan fingerprint density at radius 1 is 1.33 bits per heavy atom. The Balaban J connectivity index is 2.53. The van der Waals surface area contributed by atoms with E-state index >= 15 is 0 Å².